The summed E-state index contributed by atoms with van der Waals surface area (Å²) in [6.07, 6.45) is 2.63. The molecule has 1 fully saturated rings. The first-order valence-electron chi connectivity index (χ1n) is 7.46. The molecule has 0 radical (unpaired) electrons. The number of likely N-dealkylation sites (tertiary alicyclic amines) is 1. The molecule has 3 nitrogen and oxygen atoms in total. The van der Waals surface area contributed by atoms with Crippen LogP contribution in [0.2, 0.25) is 0 Å². The summed E-state index contributed by atoms with van der Waals surface area (Å²) in [7, 11) is 0. The van der Waals surface area contributed by atoms with Gasteiger partial charge in [0.15, 0.2) is 0 Å². The highest BCUT2D eigenvalue weighted by atomic mass is 16.5. The summed E-state index contributed by atoms with van der Waals surface area (Å²) < 4.78 is 5.86. The van der Waals surface area contributed by atoms with Gasteiger partial charge in [0, 0.05) is 24.7 Å². The lowest BCUT2D eigenvalue weighted by atomic mass is 9.93. The lowest BCUT2D eigenvalue weighted by Gasteiger charge is -2.37. The van der Waals surface area contributed by atoms with E-state index in [1.807, 2.05) is 0 Å². The van der Waals surface area contributed by atoms with E-state index in [-0.39, 0.29) is 0 Å². The molecule has 0 bridgehead atoms. The molecule has 2 aliphatic heterocycles. The molecule has 2 unspecified atom stereocenters. The number of nitrogens with zero attached hydrogens (tertiary/aromatic N) is 1. The van der Waals surface area contributed by atoms with Gasteiger partial charge in [0.1, 0.15) is 12.4 Å². The molecule has 2 atom stereocenters. The molecule has 0 amide bonds. The highest BCUT2D eigenvalue weighted by molar-refractivity contribution is 5.61. The van der Waals surface area contributed by atoms with Crippen molar-refractivity contribution in [3.05, 3.63) is 23.8 Å². The smallest absolute Gasteiger partial charge is 0.146 e. The maximum atomic E-state index is 5.86. The molecule has 1 N–H and O–H groups in total. The molecular weight excluding hydrogens is 236 g/mol. The Morgan fingerprint density at radius 3 is 3.11 bits per heavy atom. The van der Waals surface area contributed by atoms with Gasteiger partial charge in [-0.3, -0.25) is 4.90 Å². The number of nitrogens with one attached hydrogen (secondary N) is 1. The fraction of sp³-hybridized carbons (Fsp3) is 0.625. The summed E-state index contributed by atoms with van der Waals surface area (Å²) in [6, 6.07) is 7.12. The highest BCUT2D eigenvalue weighted by Crippen LogP contribution is 2.33. The van der Waals surface area contributed by atoms with Crippen LogP contribution < -0.4 is 10.1 Å². The first-order valence-corrected chi connectivity index (χ1v) is 7.46. The van der Waals surface area contributed by atoms with E-state index in [4.69, 9.17) is 4.74 Å². The van der Waals surface area contributed by atoms with Crippen molar-refractivity contribution in [1.29, 1.82) is 0 Å². The van der Waals surface area contributed by atoms with Crippen molar-refractivity contribution in [3.63, 3.8) is 0 Å². The average Bonchev–Trinajstić information content (AvgIpc) is 2.42. The second kappa shape index (κ2) is 5.41. The van der Waals surface area contributed by atoms with Crippen LogP contribution in [0.4, 0.5) is 5.69 Å². The monoisotopic (exact) mass is 260 g/mol. The molecule has 2 aliphatic rings. The summed E-state index contributed by atoms with van der Waals surface area (Å²) in [5, 5.41) is 3.41. The zero-order chi connectivity index (χ0) is 13.2. The third-order valence-electron chi connectivity index (χ3n) is 4.41. The van der Waals surface area contributed by atoms with E-state index in [2.05, 4.69) is 42.3 Å². The maximum Gasteiger partial charge on any atom is 0.146 e. The van der Waals surface area contributed by atoms with Crippen molar-refractivity contribution in [2.75, 3.05) is 25.0 Å². The molecule has 2 heterocycles. The van der Waals surface area contributed by atoms with Gasteiger partial charge in [-0.25, -0.2) is 0 Å². The first kappa shape index (κ1) is 12.8. The van der Waals surface area contributed by atoms with Gasteiger partial charge in [0.25, 0.3) is 0 Å². The Balaban J connectivity index is 1.76. The summed E-state index contributed by atoms with van der Waals surface area (Å²) in [5.74, 6) is 1.94. The Morgan fingerprint density at radius 2 is 2.26 bits per heavy atom. The topological polar surface area (TPSA) is 24.5 Å². The van der Waals surface area contributed by atoms with Crippen molar-refractivity contribution < 1.29 is 4.74 Å². The molecule has 104 valence electrons. The van der Waals surface area contributed by atoms with Crippen LogP contribution >= 0.6 is 0 Å². The number of hydrogen-bond acceptors (Lipinski definition) is 3. The number of hydrogen-bond donors (Lipinski definition) is 1. The fourth-order valence-corrected chi connectivity index (χ4v) is 3.27. The van der Waals surface area contributed by atoms with Crippen LogP contribution in [0.1, 0.15) is 32.3 Å². The Labute approximate surface area is 115 Å². The molecule has 1 aromatic rings. The number of ether oxygens (including phenoxy) is 1. The van der Waals surface area contributed by atoms with Crippen LogP contribution in [-0.2, 0) is 6.54 Å². The number of fused-ring (bicyclic) bond motifs is 1. The standard InChI is InChI=1S/C16H24N2O/c1-12-6-8-18(13(2)10-12)11-14-4-3-5-15-16(14)19-9-7-17-15/h3-5,12-13,17H,6-11H2,1-2H3. The molecule has 19 heavy (non-hydrogen) atoms. The van der Waals surface area contributed by atoms with Crippen molar-refractivity contribution in [2.24, 2.45) is 5.92 Å². The molecule has 1 aromatic carbocycles. The lowest BCUT2D eigenvalue weighted by Crippen LogP contribution is -2.39. The van der Waals surface area contributed by atoms with Crippen molar-refractivity contribution in [1.82, 2.24) is 4.90 Å². The third kappa shape index (κ3) is 2.71. The number of rotatable bonds is 2. The normalized spacial score (nSPS) is 27.3. The van der Waals surface area contributed by atoms with Crippen LogP contribution in [0.3, 0.4) is 0 Å². The van der Waals surface area contributed by atoms with Crippen LogP contribution in [0.15, 0.2) is 18.2 Å². The predicted molar refractivity (Wildman–Crippen MR) is 78.7 cm³/mol. The molecular formula is C16H24N2O. The number of anilines is 1. The Bertz CT molecular complexity index is 446. The first-order chi connectivity index (χ1) is 9.24. The van der Waals surface area contributed by atoms with Crippen LogP contribution in [0.25, 0.3) is 0 Å². The van der Waals surface area contributed by atoms with Crippen molar-refractivity contribution in [2.45, 2.75) is 39.3 Å². The minimum absolute atomic E-state index is 0.677. The van der Waals surface area contributed by atoms with Crippen LogP contribution in [0.5, 0.6) is 5.75 Å². The van der Waals surface area contributed by atoms with Gasteiger partial charge in [-0.2, -0.15) is 0 Å². The SMILES string of the molecule is CC1CCN(Cc2cccc3c2OCCN3)C(C)C1. The Kier molecular flexibility index (Phi) is 3.65. The van der Waals surface area contributed by atoms with Gasteiger partial charge in [0.05, 0.1) is 5.69 Å². The van der Waals surface area contributed by atoms with Gasteiger partial charge in [-0.05, 0) is 38.3 Å². The third-order valence-corrected chi connectivity index (χ3v) is 4.41. The van der Waals surface area contributed by atoms with E-state index in [1.54, 1.807) is 0 Å². The second-order valence-electron chi connectivity index (χ2n) is 6.02. The summed E-state index contributed by atoms with van der Waals surface area (Å²) in [5.41, 5.74) is 2.48. The Morgan fingerprint density at radius 1 is 1.37 bits per heavy atom. The van der Waals surface area contributed by atoms with Gasteiger partial charge in [-0.15, -0.1) is 0 Å². The minimum atomic E-state index is 0.677. The van der Waals surface area contributed by atoms with Crippen molar-refractivity contribution in [3.8, 4) is 5.75 Å². The van der Waals surface area contributed by atoms with Gasteiger partial charge in [-0.1, -0.05) is 19.1 Å². The molecule has 1 saturated heterocycles. The van der Waals surface area contributed by atoms with E-state index >= 15 is 0 Å². The number of piperidine rings is 1. The minimum Gasteiger partial charge on any atom is -0.489 e. The largest absolute Gasteiger partial charge is 0.489 e. The zero-order valence-electron chi connectivity index (χ0n) is 12.0. The van der Waals surface area contributed by atoms with Crippen molar-refractivity contribution >= 4 is 5.69 Å². The highest BCUT2D eigenvalue weighted by Gasteiger charge is 2.24. The molecule has 3 heteroatoms. The van der Waals surface area contributed by atoms with E-state index in [0.29, 0.717) is 6.04 Å². The van der Waals surface area contributed by atoms with Crippen LogP contribution in [0, 0.1) is 5.92 Å². The summed E-state index contributed by atoms with van der Waals surface area (Å²) in [4.78, 5) is 2.59. The van der Waals surface area contributed by atoms with E-state index < -0.39 is 0 Å². The van der Waals surface area contributed by atoms with Gasteiger partial charge < -0.3 is 10.1 Å². The van der Waals surface area contributed by atoms with Gasteiger partial charge >= 0.3 is 0 Å². The van der Waals surface area contributed by atoms with E-state index in [9.17, 15) is 0 Å². The second-order valence-corrected chi connectivity index (χ2v) is 6.02. The average molecular weight is 260 g/mol. The van der Waals surface area contributed by atoms with E-state index in [0.717, 1.165) is 37.1 Å². The van der Waals surface area contributed by atoms with E-state index in [1.165, 1.54) is 24.9 Å². The molecule has 0 saturated carbocycles. The molecule has 0 spiro atoms. The predicted octanol–water partition coefficient (Wildman–Crippen LogP) is 3.11. The molecule has 0 aliphatic carbocycles. The van der Waals surface area contributed by atoms with Gasteiger partial charge in [0.2, 0.25) is 0 Å². The summed E-state index contributed by atoms with van der Waals surface area (Å²) in [6.45, 7) is 8.62. The lowest BCUT2D eigenvalue weighted by molar-refractivity contribution is 0.120. The van der Waals surface area contributed by atoms with Crippen LogP contribution in [-0.4, -0.2) is 30.6 Å². The number of benzene rings is 1. The number of para-hydroxylation sites is 1. The summed E-state index contributed by atoms with van der Waals surface area (Å²) >= 11 is 0. The Hall–Kier alpha value is -1.22. The quantitative estimate of drug-likeness (QED) is 0.884. The fourth-order valence-electron chi connectivity index (χ4n) is 3.27. The molecule has 0 aromatic heterocycles. The maximum absolute atomic E-state index is 5.86. The zero-order valence-corrected chi connectivity index (χ0v) is 12.0. The molecule has 3 rings (SSSR count).